The summed E-state index contributed by atoms with van der Waals surface area (Å²) in [6, 6.07) is 13.2. The molecule has 0 aliphatic rings. The maximum Gasteiger partial charge on any atom is 0.264 e. The summed E-state index contributed by atoms with van der Waals surface area (Å²) in [6.07, 6.45) is 5.75. The van der Waals surface area contributed by atoms with Crippen molar-refractivity contribution in [2.24, 2.45) is 0 Å². The zero-order valence-electron chi connectivity index (χ0n) is 17.3. The minimum Gasteiger partial charge on any atom is -0.287 e. The highest BCUT2D eigenvalue weighted by Gasteiger charge is 2.18. The number of nitrogens with zero attached hydrogens (tertiary/aromatic N) is 5. The number of nitrogens with one attached hydrogen (secondary N) is 1. The molecule has 0 aliphatic carbocycles. The third-order valence-electron chi connectivity index (χ3n) is 4.61. The standard InChI is InChI=1S/C22H17FN6O3S/c1-15-21(20(30)12-5-16-3-6-17(23)7-4-16)26-28-29(15)18-8-10-19(11-9-18)33(31,32)27-22-24-13-2-14-25-22/h2-14H,1H3,(H,24,25,27)/b12-5+. The first-order chi connectivity index (χ1) is 15.8. The van der Waals surface area contributed by atoms with Gasteiger partial charge in [0.25, 0.3) is 10.0 Å². The zero-order chi connectivity index (χ0) is 23.4. The Morgan fingerprint density at radius 1 is 1.03 bits per heavy atom. The van der Waals surface area contributed by atoms with Gasteiger partial charge in [-0.3, -0.25) is 4.79 Å². The molecule has 0 saturated heterocycles. The van der Waals surface area contributed by atoms with Crippen molar-refractivity contribution in [1.82, 2.24) is 25.0 Å². The quantitative estimate of drug-likeness (QED) is 0.329. The van der Waals surface area contributed by atoms with E-state index in [0.29, 0.717) is 16.9 Å². The molecule has 9 nitrogen and oxygen atoms in total. The number of anilines is 1. The van der Waals surface area contributed by atoms with Crippen LogP contribution >= 0.6 is 0 Å². The minimum atomic E-state index is -3.87. The van der Waals surface area contributed by atoms with Gasteiger partial charge in [0, 0.05) is 12.4 Å². The van der Waals surface area contributed by atoms with E-state index in [1.54, 1.807) is 43.3 Å². The van der Waals surface area contributed by atoms with Crippen LogP contribution in [-0.4, -0.2) is 39.2 Å². The predicted octanol–water partition coefficient (Wildman–Crippen LogP) is 3.20. The van der Waals surface area contributed by atoms with Crippen molar-refractivity contribution in [1.29, 1.82) is 0 Å². The summed E-state index contributed by atoms with van der Waals surface area (Å²) in [4.78, 5) is 20.2. The number of halogens is 1. The molecule has 11 heteroatoms. The van der Waals surface area contributed by atoms with Crippen molar-refractivity contribution < 1.29 is 17.6 Å². The molecule has 4 rings (SSSR count). The van der Waals surface area contributed by atoms with E-state index >= 15 is 0 Å². The van der Waals surface area contributed by atoms with E-state index in [2.05, 4.69) is 25.0 Å². The van der Waals surface area contributed by atoms with Crippen molar-refractivity contribution in [2.45, 2.75) is 11.8 Å². The summed E-state index contributed by atoms with van der Waals surface area (Å²) in [5.74, 6) is -0.764. The summed E-state index contributed by atoms with van der Waals surface area (Å²) < 4.78 is 41.8. The first kappa shape index (κ1) is 22.0. The number of carbonyl (C=O) groups excluding carboxylic acids is 1. The maximum absolute atomic E-state index is 13.0. The van der Waals surface area contributed by atoms with Crippen LogP contribution in [0.5, 0.6) is 0 Å². The molecule has 4 aromatic rings. The van der Waals surface area contributed by atoms with E-state index in [9.17, 15) is 17.6 Å². The number of rotatable bonds is 7. The predicted molar refractivity (Wildman–Crippen MR) is 119 cm³/mol. The topological polar surface area (TPSA) is 120 Å². The molecule has 166 valence electrons. The molecule has 2 heterocycles. The van der Waals surface area contributed by atoms with Crippen LogP contribution in [0.15, 0.2) is 78.0 Å². The lowest BCUT2D eigenvalue weighted by molar-refractivity contribution is 0.104. The van der Waals surface area contributed by atoms with Gasteiger partial charge in [-0.25, -0.2) is 32.2 Å². The molecular weight excluding hydrogens is 447 g/mol. The Hall–Kier alpha value is -4.25. The largest absolute Gasteiger partial charge is 0.287 e. The van der Waals surface area contributed by atoms with E-state index < -0.39 is 10.0 Å². The fourth-order valence-electron chi connectivity index (χ4n) is 2.92. The average Bonchev–Trinajstić information content (AvgIpc) is 3.20. The van der Waals surface area contributed by atoms with Crippen LogP contribution in [0.4, 0.5) is 10.3 Å². The van der Waals surface area contributed by atoms with Crippen molar-refractivity contribution >= 4 is 27.8 Å². The number of sulfonamides is 1. The lowest BCUT2D eigenvalue weighted by atomic mass is 10.1. The fraction of sp³-hybridized carbons (Fsp3) is 0.0455. The molecule has 0 bridgehead atoms. The van der Waals surface area contributed by atoms with Gasteiger partial charge in [-0.2, -0.15) is 0 Å². The lowest BCUT2D eigenvalue weighted by Crippen LogP contribution is -2.15. The first-order valence-corrected chi connectivity index (χ1v) is 11.1. The van der Waals surface area contributed by atoms with Crippen LogP contribution in [-0.2, 0) is 10.0 Å². The highest BCUT2D eigenvalue weighted by atomic mass is 32.2. The van der Waals surface area contributed by atoms with Crippen molar-refractivity contribution in [2.75, 3.05) is 4.72 Å². The van der Waals surface area contributed by atoms with Gasteiger partial charge < -0.3 is 0 Å². The van der Waals surface area contributed by atoms with Gasteiger partial charge in [-0.05, 0) is 61.0 Å². The number of benzene rings is 2. The van der Waals surface area contributed by atoms with Crippen molar-refractivity contribution in [3.8, 4) is 5.69 Å². The molecule has 2 aromatic carbocycles. The monoisotopic (exact) mass is 464 g/mol. The number of hydrogen-bond acceptors (Lipinski definition) is 7. The van der Waals surface area contributed by atoms with Crippen LogP contribution in [0.25, 0.3) is 11.8 Å². The van der Waals surface area contributed by atoms with Gasteiger partial charge >= 0.3 is 0 Å². The van der Waals surface area contributed by atoms with Crippen molar-refractivity contribution in [3.05, 3.63) is 95.8 Å². The van der Waals surface area contributed by atoms with E-state index in [0.717, 1.165) is 0 Å². The SMILES string of the molecule is Cc1c(C(=O)/C=C/c2ccc(F)cc2)nnn1-c1ccc(S(=O)(=O)Nc2ncccn2)cc1. The first-order valence-electron chi connectivity index (χ1n) is 9.64. The number of hydrogen-bond donors (Lipinski definition) is 1. The molecule has 0 amide bonds. The number of allylic oxidation sites excluding steroid dienone is 1. The summed E-state index contributed by atoms with van der Waals surface area (Å²) in [5, 5.41) is 7.96. The van der Waals surface area contributed by atoms with E-state index in [4.69, 9.17) is 0 Å². The van der Waals surface area contributed by atoms with E-state index in [1.165, 1.54) is 47.4 Å². The average molecular weight is 464 g/mol. The molecule has 33 heavy (non-hydrogen) atoms. The smallest absolute Gasteiger partial charge is 0.264 e. The second kappa shape index (κ2) is 9.09. The number of carbonyl (C=O) groups is 1. The van der Waals surface area contributed by atoms with Gasteiger partial charge in [0.2, 0.25) is 11.7 Å². The lowest BCUT2D eigenvalue weighted by Gasteiger charge is -2.08. The molecule has 0 saturated carbocycles. The Morgan fingerprint density at radius 2 is 1.70 bits per heavy atom. The van der Waals surface area contributed by atoms with Crippen LogP contribution < -0.4 is 4.72 Å². The molecule has 0 aliphatic heterocycles. The Morgan fingerprint density at radius 3 is 2.36 bits per heavy atom. The number of aromatic nitrogens is 5. The highest BCUT2D eigenvalue weighted by molar-refractivity contribution is 7.92. The zero-order valence-corrected chi connectivity index (χ0v) is 18.1. The Bertz CT molecular complexity index is 1420. The maximum atomic E-state index is 13.0. The molecule has 0 spiro atoms. The molecule has 2 aromatic heterocycles. The van der Waals surface area contributed by atoms with Gasteiger partial charge in [-0.15, -0.1) is 5.10 Å². The van der Waals surface area contributed by atoms with Gasteiger partial charge in [0.05, 0.1) is 16.3 Å². The van der Waals surface area contributed by atoms with E-state index in [1.807, 2.05) is 0 Å². The Balaban J connectivity index is 1.52. The normalized spacial score (nSPS) is 11.6. The summed E-state index contributed by atoms with van der Waals surface area (Å²) in [6.45, 7) is 1.68. The van der Waals surface area contributed by atoms with Crippen LogP contribution in [0.2, 0.25) is 0 Å². The second-order valence-corrected chi connectivity index (χ2v) is 8.54. The van der Waals surface area contributed by atoms with Gasteiger partial charge in [-0.1, -0.05) is 23.4 Å². The van der Waals surface area contributed by atoms with Crippen LogP contribution in [0.1, 0.15) is 21.7 Å². The Labute approximate surface area is 188 Å². The van der Waals surface area contributed by atoms with Crippen LogP contribution in [0.3, 0.4) is 0 Å². The molecule has 0 unspecified atom stereocenters. The summed E-state index contributed by atoms with van der Waals surface area (Å²) in [5.41, 5.74) is 1.82. The van der Waals surface area contributed by atoms with Gasteiger partial charge in [0.1, 0.15) is 5.82 Å². The van der Waals surface area contributed by atoms with E-state index in [-0.39, 0.29) is 28.1 Å². The molecular formula is C22H17FN6O3S. The number of ketones is 1. The molecule has 0 fully saturated rings. The highest BCUT2D eigenvalue weighted by Crippen LogP contribution is 2.18. The third-order valence-corrected chi connectivity index (χ3v) is 5.95. The summed E-state index contributed by atoms with van der Waals surface area (Å²) >= 11 is 0. The molecule has 0 radical (unpaired) electrons. The summed E-state index contributed by atoms with van der Waals surface area (Å²) in [7, 11) is -3.87. The van der Waals surface area contributed by atoms with Crippen LogP contribution in [0, 0.1) is 12.7 Å². The molecule has 1 N–H and O–H groups in total. The molecule has 0 atom stereocenters. The second-order valence-electron chi connectivity index (χ2n) is 6.86. The Kier molecular flexibility index (Phi) is 6.05. The van der Waals surface area contributed by atoms with Crippen molar-refractivity contribution in [3.63, 3.8) is 0 Å². The minimum absolute atomic E-state index is 0.00926. The van der Waals surface area contributed by atoms with Gasteiger partial charge in [0.15, 0.2) is 5.69 Å². The third kappa shape index (κ3) is 4.99. The fourth-order valence-corrected chi connectivity index (χ4v) is 3.88.